The zero-order valence-corrected chi connectivity index (χ0v) is 11.4. The number of carbonyl (C=O) groups is 2. The summed E-state index contributed by atoms with van der Waals surface area (Å²) in [5.41, 5.74) is 0.810. The molecule has 0 unspecified atom stereocenters. The molecule has 0 bridgehead atoms. The number of halogens is 2. The van der Waals surface area contributed by atoms with Crippen molar-refractivity contribution in [3.63, 3.8) is 0 Å². The summed E-state index contributed by atoms with van der Waals surface area (Å²) in [5, 5.41) is 10.7. The van der Waals surface area contributed by atoms with Gasteiger partial charge in [-0.3, -0.25) is 14.5 Å². The fourth-order valence-electron chi connectivity index (χ4n) is 1.62. The second-order valence-electron chi connectivity index (χ2n) is 4.37. The Labute approximate surface area is 120 Å². The number of rotatable bonds is 8. The Morgan fingerprint density at radius 1 is 1.33 bits per heavy atom. The van der Waals surface area contributed by atoms with Crippen LogP contribution < -0.4 is 10.1 Å². The van der Waals surface area contributed by atoms with Crippen molar-refractivity contribution in [3.8, 4) is 5.75 Å². The number of carboxylic acid groups (broad SMARTS) is 1. The first-order chi connectivity index (χ1) is 9.86. The van der Waals surface area contributed by atoms with Crippen molar-refractivity contribution in [1.29, 1.82) is 0 Å². The highest BCUT2D eigenvalue weighted by Gasteiger charge is 2.09. The van der Waals surface area contributed by atoms with E-state index in [-0.39, 0.29) is 12.3 Å². The molecule has 0 radical (unpaired) electrons. The number of carboxylic acids is 1. The van der Waals surface area contributed by atoms with E-state index in [0.717, 1.165) is 5.56 Å². The molecule has 8 heteroatoms. The number of likely N-dealkylation sites (N-methyl/N-ethyl adjacent to an activating group) is 1. The van der Waals surface area contributed by atoms with Gasteiger partial charge in [-0.05, 0) is 24.7 Å². The molecule has 0 saturated carbocycles. The number of alkyl halides is 2. The van der Waals surface area contributed by atoms with Gasteiger partial charge in [0, 0.05) is 6.54 Å². The van der Waals surface area contributed by atoms with Crippen LogP contribution in [-0.4, -0.2) is 48.6 Å². The number of aliphatic carboxylic acids is 1. The molecule has 1 aromatic rings. The largest absolute Gasteiger partial charge is 0.480 e. The van der Waals surface area contributed by atoms with Crippen LogP contribution in [0.5, 0.6) is 5.75 Å². The highest BCUT2D eigenvalue weighted by Crippen LogP contribution is 2.15. The molecule has 2 N–H and O–H groups in total. The third kappa shape index (κ3) is 7.21. The summed E-state index contributed by atoms with van der Waals surface area (Å²) >= 11 is 0. The summed E-state index contributed by atoms with van der Waals surface area (Å²) in [6, 6.07) is 6.06. The molecule has 6 nitrogen and oxygen atoms in total. The third-order valence-electron chi connectivity index (χ3n) is 2.45. The number of nitrogens with one attached hydrogen (secondary N) is 1. The van der Waals surface area contributed by atoms with Crippen LogP contribution in [0.2, 0.25) is 0 Å². The van der Waals surface area contributed by atoms with Crippen molar-refractivity contribution in [3.05, 3.63) is 29.8 Å². The lowest BCUT2D eigenvalue weighted by molar-refractivity contribution is -0.138. The fourth-order valence-corrected chi connectivity index (χ4v) is 1.62. The van der Waals surface area contributed by atoms with E-state index in [1.807, 2.05) is 0 Å². The van der Waals surface area contributed by atoms with Crippen LogP contribution in [0.1, 0.15) is 5.56 Å². The predicted octanol–water partition coefficient (Wildman–Crippen LogP) is 0.921. The van der Waals surface area contributed by atoms with Crippen LogP contribution in [0, 0.1) is 0 Å². The van der Waals surface area contributed by atoms with Crippen LogP contribution in [0.3, 0.4) is 0 Å². The molecule has 21 heavy (non-hydrogen) atoms. The van der Waals surface area contributed by atoms with Crippen LogP contribution in [0.25, 0.3) is 0 Å². The molecule has 0 aliphatic heterocycles. The number of carbonyl (C=O) groups excluding carboxylic acids is 1. The minimum atomic E-state index is -2.86. The van der Waals surface area contributed by atoms with Crippen molar-refractivity contribution in [2.45, 2.75) is 13.2 Å². The second-order valence-corrected chi connectivity index (χ2v) is 4.37. The van der Waals surface area contributed by atoms with E-state index in [0.29, 0.717) is 6.54 Å². The summed E-state index contributed by atoms with van der Waals surface area (Å²) in [6.45, 7) is -2.85. The topological polar surface area (TPSA) is 78.9 Å². The van der Waals surface area contributed by atoms with Crippen LogP contribution in [-0.2, 0) is 16.1 Å². The van der Waals surface area contributed by atoms with Gasteiger partial charge in [-0.1, -0.05) is 12.1 Å². The molecular formula is C13H16F2N2O4. The van der Waals surface area contributed by atoms with Gasteiger partial charge in [-0.25, -0.2) is 0 Å². The molecule has 0 spiro atoms. The molecule has 1 aromatic carbocycles. The van der Waals surface area contributed by atoms with E-state index in [1.54, 1.807) is 24.1 Å². The minimum absolute atomic E-state index is 0.0303. The zero-order chi connectivity index (χ0) is 15.8. The third-order valence-corrected chi connectivity index (χ3v) is 2.45. The Bertz CT molecular complexity index is 480. The zero-order valence-electron chi connectivity index (χ0n) is 11.4. The normalized spacial score (nSPS) is 10.7. The number of hydrogen-bond acceptors (Lipinski definition) is 4. The molecule has 0 saturated heterocycles. The Morgan fingerprint density at radius 3 is 2.48 bits per heavy atom. The van der Waals surface area contributed by atoms with Crippen molar-refractivity contribution in [1.82, 2.24) is 10.2 Å². The SMILES string of the molecule is CN(CC(=O)NCC(=O)O)Cc1ccc(OC(F)F)cc1. The lowest BCUT2D eigenvalue weighted by Crippen LogP contribution is -2.37. The molecular weight excluding hydrogens is 286 g/mol. The van der Waals surface area contributed by atoms with Gasteiger partial charge in [0.2, 0.25) is 5.91 Å². The van der Waals surface area contributed by atoms with E-state index in [9.17, 15) is 18.4 Å². The van der Waals surface area contributed by atoms with Crippen molar-refractivity contribution in [2.24, 2.45) is 0 Å². The van der Waals surface area contributed by atoms with Gasteiger partial charge < -0.3 is 15.2 Å². The van der Waals surface area contributed by atoms with Gasteiger partial charge in [-0.15, -0.1) is 0 Å². The monoisotopic (exact) mass is 302 g/mol. The average Bonchev–Trinajstić information content (AvgIpc) is 2.38. The minimum Gasteiger partial charge on any atom is -0.480 e. The lowest BCUT2D eigenvalue weighted by atomic mass is 10.2. The van der Waals surface area contributed by atoms with Crippen LogP contribution >= 0.6 is 0 Å². The molecule has 0 heterocycles. The first-order valence-electron chi connectivity index (χ1n) is 6.07. The van der Waals surface area contributed by atoms with Crippen molar-refractivity contribution >= 4 is 11.9 Å². The van der Waals surface area contributed by atoms with Crippen LogP contribution in [0.15, 0.2) is 24.3 Å². The van der Waals surface area contributed by atoms with E-state index in [2.05, 4.69) is 10.1 Å². The molecule has 0 atom stereocenters. The Hall–Kier alpha value is -2.22. The Kier molecular flexibility index (Phi) is 6.54. The van der Waals surface area contributed by atoms with Gasteiger partial charge in [0.05, 0.1) is 6.54 Å². The van der Waals surface area contributed by atoms with Crippen LogP contribution in [0.4, 0.5) is 8.78 Å². The summed E-state index contributed by atoms with van der Waals surface area (Å²) < 4.78 is 28.2. The maximum Gasteiger partial charge on any atom is 0.387 e. The molecule has 0 aliphatic carbocycles. The van der Waals surface area contributed by atoms with Crippen molar-refractivity contribution < 1.29 is 28.2 Å². The quantitative estimate of drug-likeness (QED) is 0.746. The molecule has 0 fully saturated rings. The van der Waals surface area contributed by atoms with E-state index >= 15 is 0 Å². The number of ether oxygens (including phenoxy) is 1. The number of hydrogen-bond donors (Lipinski definition) is 2. The van der Waals surface area contributed by atoms with Gasteiger partial charge >= 0.3 is 12.6 Å². The second kappa shape index (κ2) is 8.15. The summed E-state index contributed by atoms with van der Waals surface area (Å²) in [7, 11) is 1.68. The molecule has 116 valence electrons. The maximum atomic E-state index is 12.0. The highest BCUT2D eigenvalue weighted by molar-refractivity contribution is 5.82. The molecule has 1 amide bonds. The fraction of sp³-hybridized carbons (Fsp3) is 0.385. The first kappa shape index (κ1) is 16.8. The molecule has 0 aliphatic rings. The van der Waals surface area contributed by atoms with E-state index in [1.165, 1.54) is 12.1 Å². The molecule has 1 rings (SSSR count). The number of amides is 1. The Morgan fingerprint density at radius 2 is 1.95 bits per heavy atom. The van der Waals surface area contributed by atoms with Gasteiger partial charge in [-0.2, -0.15) is 8.78 Å². The average molecular weight is 302 g/mol. The summed E-state index contributed by atoms with van der Waals surface area (Å²) in [6.07, 6.45) is 0. The number of benzene rings is 1. The summed E-state index contributed by atoms with van der Waals surface area (Å²) in [4.78, 5) is 23.4. The molecule has 0 aromatic heterocycles. The van der Waals surface area contributed by atoms with Gasteiger partial charge in [0.15, 0.2) is 0 Å². The predicted molar refractivity (Wildman–Crippen MR) is 70.1 cm³/mol. The first-order valence-corrected chi connectivity index (χ1v) is 6.07. The van der Waals surface area contributed by atoms with Crippen molar-refractivity contribution in [2.75, 3.05) is 20.1 Å². The maximum absolute atomic E-state index is 12.0. The summed E-state index contributed by atoms with van der Waals surface area (Å²) in [5.74, 6) is -1.45. The number of nitrogens with zero attached hydrogens (tertiary/aromatic N) is 1. The van der Waals surface area contributed by atoms with Gasteiger partial charge in [0.1, 0.15) is 12.3 Å². The highest BCUT2D eigenvalue weighted by atomic mass is 19.3. The van der Waals surface area contributed by atoms with Gasteiger partial charge in [0.25, 0.3) is 0 Å². The standard InChI is InChI=1S/C13H16F2N2O4/c1-17(8-11(18)16-6-12(19)20)7-9-2-4-10(5-3-9)21-13(14)15/h2-5,13H,6-8H2,1H3,(H,16,18)(H,19,20). The van der Waals surface area contributed by atoms with E-state index in [4.69, 9.17) is 5.11 Å². The smallest absolute Gasteiger partial charge is 0.387 e. The van der Waals surface area contributed by atoms with E-state index < -0.39 is 25.0 Å². The lowest BCUT2D eigenvalue weighted by Gasteiger charge is -2.16. The Balaban J connectivity index is 2.41.